The normalized spacial score (nSPS) is 11.4. The summed E-state index contributed by atoms with van der Waals surface area (Å²) >= 11 is 9.42. The number of aromatic nitrogens is 4. The van der Waals surface area contributed by atoms with Crippen LogP contribution in [0.5, 0.6) is 0 Å². The van der Waals surface area contributed by atoms with Gasteiger partial charge in [-0.15, -0.1) is 21.5 Å². The molecule has 0 radical (unpaired) electrons. The van der Waals surface area contributed by atoms with Gasteiger partial charge in [0.1, 0.15) is 5.01 Å². The molecule has 0 saturated heterocycles. The molecule has 0 saturated carbocycles. The molecule has 0 bridgehead atoms. The lowest BCUT2D eigenvalue weighted by Gasteiger charge is -2.09. The largest absolute Gasteiger partial charge is 0.385 e. The minimum absolute atomic E-state index is 0.695. The fourth-order valence-electron chi connectivity index (χ4n) is 2.88. The van der Waals surface area contributed by atoms with Crippen LogP contribution in [0.1, 0.15) is 11.4 Å². The Morgan fingerprint density at radius 3 is 2.71 bits per heavy atom. The van der Waals surface area contributed by atoms with Crippen molar-refractivity contribution in [2.45, 2.75) is 23.9 Å². The lowest BCUT2D eigenvalue weighted by atomic mass is 10.2. The maximum absolute atomic E-state index is 6.03. The summed E-state index contributed by atoms with van der Waals surface area (Å²) in [6, 6.07) is 15.9. The van der Waals surface area contributed by atoms with Crippen LogP contribution >= 0.6 is 34.7 Å². The van der Waals surface area contributed by atoms with Gasteiger partial charge in [0.25, 0.3) is 0 Å². The average Bonchev–Trinajstić information content (AvgIpc) is 3.31. The molecule has 28 heavy (non-hydrogen) atoms. The maximum atomic E-state index is 6.03. The molecule has 8 heteroatoms. The van der Waals surface area contributed by atoms with Crippen LogP contribution < -0.4 is 0 Å². The van der Waals surface area contributed by atoms with Crippen LogP contribution in [0.3, 0.4) is 0 Å². The number of benzene rings is 2. The highest BCUT2D eigenvalue weighted by molar-refractivity contribution is 7.98. The number of thioether (sulfide) groups is 1. The number of hydrogen-bond acceptors (Lipinski definition) is 6. The Morgan fingerprint density at radius 2 is 1.93 bits per heavy atom. The Balaban J connectivity index is 1.57. The Labute approximate surface area is 176 Å². The predicted molar refractivity (Wildman–Crippen MR) is 116 cm³/mol. The van der Waals surface area contributed by atoms with Gasteiger partial charge in [0.05, 0.1) is 16.0 Å². The van der Waals surface area contributed by atoms with Crippen molar-refractivity contribution in [2.24, 2.45) is 0 Å². The van der Waals surface area contributed by atoms with E-state index >= 15 is 0 Å². The zero-order valence-corrected chi connectivity index (χ0v) is 17.7. The topological polar surface area (TPSA) is 52.8 Å². The molecule has 0 fully saturated rings. The van der Waals surface area contributed by atoms with Gasteiger partial charge in [-0.1, -0.05) is 35.5 Å². The van der Waals surface area contributed by atoms with E-state index in [1.54, 1.807) is 30.2 Å². The molecular weight excluding hydrogens is 412 g/mol. The fourth-order valence-corrected chi connectivity index (χ4v) is 4.93. The van der Waals surface area contributed by atoms with E-state index in [9.17, 15) is 0 Å². The highest BCUT2D eigenvalue weighted by Gasteiger charge is 2.15. The van der Waals surface area contributed by atoms with E-state index in [4.69, 9.17) is 21.3 Å². The minimum atomic E-state index is 0.695. The lowest BCUT2D eigenvalue weighted by molar-refractivity contribution is 0.189. The molecule has 0 atom stereocenters. The molecule has 0 aliphatic carbocycles. The zero-order valence-electron chi connectivity index (χ0n) is 15.3. The molecule has 0 aliphatic rings. The zero-order chi connectivity index (χ0) is 19.3. The molecule has 2 heterocycles. The molecule has 0 amide bonds. The number of methoxy groups -OCH3 is 1. The molecule has 0 aliphatic heterocycles. The molecule has 2 aromatic heterocycles. The van der Waals surface area contributed by atoms with Gasteiger partial charge in [-0.2, -0.15) is 0 Å². The highest BCUT2D eigenvalue weighted by atomic mass is 35.5. The van der Waals surface area contributed by atoms with E-state index in [2.05, 4.69) is 20.8 Å². The first-order chi connectivity index (χ1) is 13.7. The van der Waals surface area contributed by atoms with Crippen molar-refractivity contribution in [3.05, 3.63) is 58.6 Å². The van der Waals surface area contributed by atoms with Crippen molar-refractivity contribution < 1.29 is 4.74 Å². The van der Waals surface area contributed by atoms with Gasteiger partial charge in [-0.05, 0) is 42.8 Å². The van der Waals surface area contributed by atoms with Gasteiger partial charge < -0.3 is 9.30 Å². The highest BCUT2D eigenvalue weighted by Crippen LogP contribution is 2.30. The number of hydrogen-bond donors (Lipinski definition) is 0. The van der Waals surface area contributed by atoms with E-state index < -0.39 is 0 Å². The number of rotatable bonds is 8. The van der Waals surface area contributed by atoms with Crippen LogP contribution in [0.25, 0.3) is 21.6 Å². The third kappa shape index (κ3) is 4.38. The fraction of sp³-hybridized carbons (Fsp3) is 0.250. The third-order valence-electron chi connectivity index (χ3n) is 4.21. The van der Waals surface area contributed by atoms with E-state index in [1.807, 2.05) is 42.5 Å². The standard InChI is InChI=1S/C20H19ClN4OS2/c1-26-12-4-11-25-19(14-7-9-15(21)10-8-14)23-24-20(25)27-13-18-22-16-5-2-3-6-17(16)28-18/h2-3,5-10H,4,11-13H2,1H3. The molecule has 4 rings (SSSR count). The van der Waals surface area contributed by atoms with Crippen LogP contribution in [-0.2, 0) is 17.0 Å². The van der Waals surface area contributed by atoms with Crippen LogP contribution in [-0.4, -0.2) is 33.5 Å². The van der Waals surface area contributed by atoms with Crippen molar-refractivity contribution in [3.8, 4) is 11.4 Å². The van der Waals surface area contributed by atoms with Gasteiger partial charge in [0.2, 0.25) is 0 Å². The first-order valence-electron chi connectivity index (χ1n) is 8.90. The smallest absolute Gasteiger partial charge is 0.191 e. The number of fused-ring (bicyclic) bond motifs is 1. The van der Waals surface area contributed by atoms with Gasteiger partial charge in [-0.25, -0.2) is 4.98 Å². The summed E-state index contributed by atoms with van der Waals surface area (Å²) in [5.74, 6) is 1.61. The first kappa shape index (κ1) is 19.4. The van der Waals surface area contributed by atoms with Crippen LogP contribution in [0, 0.1) is 0 Å². The second-order valence-corrected chi connectivity index (χ2v) is 8.67. The number of para-hydroxylation sites is 1. The Kier molecular flexibility index (Phi) is 6.26. The monoisotopic (exact) mass is 430 g/mol. The summed E-state index contributed by atoms with van der Waals surface area (Å²) in [7, 11) is 1.72. The Bertz CT molecular complexity index is 1030. The van der Waals surface area contributed by atoms with Gasteiger partial charge >= 0.3 is 0 Å². The van der Waals surface area contributed by atoms with Crippen molar-refractivity contribution >= 4 is 44.9 Å². The third-order valence-corrected chi connectivity index (χ3v) is 6.66. The molecule has 5 nitrogen and oxygen atoms in total. The van der Waals surface area contributed by atoms with E-state index in [-0.39, 0.29) is 0 Å². The summed E-state index contributed by atoms with van der Waals surface area (Å²) in [5, 5.41) is 11.6. The predicted octanol–water partition coefficient (Wildman–Crippen LogP) is 5.54. The lowest BCUT2D eigenvalue weighted by Crippen LogP contribution is -2.05. The molecular formula is C20H19ClN4OS2. The van der Waals surface area contributed by atoms with Crippen LogP contribution in [0.15, 0.2) is 53.7 Å². The molecule has 144 valence electrons. The van der Waals surface area contributed by atoms with Gasteiger partial charge in [-0.3, -0.25) is 0 Å². The SMILES string of the molecule is COCCCn1c(SCc2nc3ccccc3s2)nnc1-c1ccc(Cl)cc1. The van der Waals surface area contributed by atoms with E-state index in [0.717, 1.165) is 45.8 Å². The van der Waals surface area contributed by atoms with E-state index in [1.165, 1.54) is 4.70 Å². The van der Waals surface area contributed by atoms with Gasteiger partial charge in [0, 0.05) is 30.8 Å². The molecule has 0 N–H and O–H groups in total. The number of ether oxygens (including phenoxy) is 1. The second-order valence-electron chi connectivity index (χ2n) is 6.18. The minimum Gasteiger partial charge on any atom is -0.385 e. The number of halogens is 1. The van der Waals surface area contributed by atoms with Gasteiger partial charge in [0.15, 0.2) is 11.0 Å². The quantitative estimate of drug-likeness (QED) is 0.271. The van der Waals surface area contributed by atoms with Crippen LogP contribution in [0.4, 0.5) is 0 Å². The van der Waals surface area contributed by atoms with Crippen molar-refractivity contribution in [3.63, 3.8) is 0 Å². The average molecular weight is 431 g/mol. The first-order valence-corrected chi connectivity index (χ1v) is 11.1. The summed E-state index contributed by atoms with van der Waals surface area (Å²) in [4.78, 5) is 4.71. The maximum Gasteiger partial charge on any atom is 0.191 e. The summed E-state index contributed by atoms with van der Waals surface area (Å²) in [6.07, 6.45) is 0.893. The van der Waals surface area contributed by atoms with Crippen molar-refractivity contribution in [2.75, 3.05) is 13.7 Å². The Morgan fingerprint density at radius 1 is 1.11 bits per heavy atom. The molecule has 4 aromatic rings. The van der Waals surface area contributed by atoms with Crippen molar-refractivity contribution in [1.29, 1.82) is 0 Å². The molecule has 0 spiro atoms. The number of thiazole rings is 1. The van der Waals surface area contributed by atoms with Crippen molar-refractivity contribution in [1.82, 2.24) is 19.7 Å². The Hall–Kier alpha value is -1.93. The second kappa shape index (κ2) is 9.05. The summed E-state index contributed by atoms with van der Waals surface area (Å²) in [6.45, 7) is 1.49. The molecule has 0 unspecified atom stereocenters. The molecule has 2 aromatic carbocycles. The number of nitrogens with zero attached hydrogens (tertiary/aromatic N) is 4. The summed E-state index contributed by atoms with van der Waals surface area (Å²) in [5.41, 5.74) is 2.05. The van der Waals surface area contributed by atoms with E-state index in [0.29, 0.717) is 11.6 Å². The van der Waals surface area contributed by atoms with Crippen LogP contribution in [0.2, 0.25) is 5.02 Å². The summed E-state index contributed by atoms with van der Waals surface area (Å²) < 4.78 is 8.58.